The Morgan fingerprint density at radius 1 is 1.28 bits per heavy atom. The second-order valence-electron chi connectivity index (χ2n) is 5.94. The average Bonchev–Trinajstić information content (AvgIpc) is 2.73. The van der Waals surface area contributed by atoms with E-state index >= 15 is 0 Å². The third-order valence-corrected chi connectivity index (χ3v) is 3.74. The van der Waals surface area contributed by atoms with E-state index in [-0.39, 0.29) is 23.2 Å². The molecule has 0 aliphatic carbocycles. The summed E-state index contributed by atoms with van der Waals surface area (Å²) in [5.41, 5.74) is 0.700. The molecule has 1 aliphatic heterocycles. The van der Waals surface area contributed by atoms with Gasteiger partial charge in [0.25, 0.3) is 0 Å². The molecular formula is C15H19FN2. The number of benzene rings is 1. The van der Waals surface area contributed by atoms with Crippen LogP contribution in [0.3, 0.4) is 0 Å². The number of rotatable bonds is 1. The molecule has 3 heteroatoms. The number of halogens is 1. The lowest BCUT2D eigenvalue weighted by Gasteiger charge is -2.31. The van der Waals surface area contributed by atoms with Crippen molar-refractivity contribution in [1.82, 2.24) is 4.90 Å². The van der Waals surface area contributed by atoms with Crippen molar-refractivity contribution in [3.63, 3.8) is 0 Å². The predicted octanol–water partition coefficient (Wildman–Crippen LogP) is 3.16. The van der Waals surface area contributed by atoms with Crippen LogP contribution in [0.4, 0.5) is 4.39 Å². The molecule has 1 heterocycles. The maximum Gasteiger partial charge on any atom is 0.126 e. The van der Waals surface area contributed by atoms with Crippen molar-refractivity contribution in [3.05, 3.63) is 35.6 Å². The first-order valence-corrected chi connectivity index (χ1v) is 6.32. The van der Waals surface area contributed by atoms with Gasteiger partial charge in [-0.1, -0.05) is 18.2 Å². The lowest BCUT2D eigenvalue weighted by atomic mass is 9.90. The van der Waals surface area contributed by atoms with Gasteiger partial charge in [-0.05, 0) is 32.4 Å². The summed E-state index contributed by atoms with van der Waals surface area (Å²) in [6.07, 6.45) is 0. The van der Waals surface area contributed by atoms with Gasteiger partial charge in [-0.15, -0.1) is 0 Å². The molecule has 18 heavy (non-hydrogen) atoms. The van der Waals surface area contributed by atoms with Gasteiger partial charge in [0.1, 0.15) is 5.82 Å². The molecule has 0 saturated carbocycles. The summed E-state index contributed by atoms with van der Waals surface area (Å²) < 4.78 is 13.8. The molecule has 2 rings (SSSR count). The molecule has 96 valence electrons. The summed E-state index contributed by atoms with van der Waals surface area (Å²) in [4.78, 5) is 2.26. The Kier molecular flexibility index (Phi) is 3.41. The van der Waals surface area contributed by atoms with Gasteiger partial charge in [-0.2, -0.15) is 5.26 Å². The molecule has 1 fully saturated rings. The van der Waals surface area contributed by atoms with Gasteiger partial charge in [-0.25, -0.2) is 4.39 Å². The Hall–Kier alpha value is -1.40. The maximum absolute atomic E-state index is 13.8. The van der Waals surface area contributed by atoms with Crippen LogP contribution in [0.2, 0.25) is 0 Å². The number of nitrogens with zero attached hydrogens (tertiary/aromatic N) is 2. The largest absolute Gasteiger partial charge is 0.297 e. The lowest BCUT2D eigenvalue weighted by molar-refractivity contribution is 0.170. The molecule has 1 saturated heterocycles. The van der Waals surface area contributed by atoms with Crippen molar-refractivity contribution >= 4 is 0 Å². The van der Waals surface area contributed by atoms with Crippen molar-refractivity contribution in [1.29, 1.82) is 5.26 Å². The van der Waals surface area contributed by atoms with E-state index in [2.05, 4.69) is 31.7 Å². The minimum absolute atomic E-state index is 0.0181. The van der Waals surface area contributed by atoms with Gasteiger partial charge < -0.3 is 0 Å². The zero-order valence-corrected chi connectivity index (χ0v) is 11.2. The van der Waals surface area contributed by atoms with E-state index in [0.29, 0.717) is 5.56 Å². The maximum atomic E-state index is 13.8. The number of hydrogen-bond donors (Lipinski definition) is 0. The van der Waals surface area contributed by atoms with Crippen molar-refractivity contribution < 1.29 is 4.39 Å². The van der Waals surface area contributed by atoms with E-state index in [4.69, 9.17) is 0 Å². The molecule has 1 aromatic rings. The molecule has 0 unspecified atom stereocenters. The fourth-order valence-electron chi connectivity index (χ4n) is 2.57. The molecule has 1 aromatic carbocycles. The molecule has 2 nitrogen and oxygen atoms in total. The van der Waals surface area contributed by atoms with Gasteiger partial charge >= 0.3 is 0 Å². The summed E-state index contributed by atoms with van der Waals surface area (Å²) in [6.45, 7) is 7.86. The van der Waals surface area contributed by atoms with E-state index in [1.54, 1.807) is 12.1 Å². The van der Waals surface area contributed by atoms with Gasteiger partial charge in [0.15, 0.2) is 0 Å². The smallest absolute Gasteiger partial charge is 0.126 e. The van der Waals surface area contributed by atoms with E-state index in [1.165, 1.54) is 6.07 Å². The quantitative estimate of drug-likeness (QED) is 0.761. The van der Waals surface area contributed by atoms with E-state index in [9.17, 15) is 9.65 Å². The topological polar surface area (TPSA) is 27.0 Å². The van der Waals surface area contributed by atoms with Crippen LogP contribution in [-0.2, 0) is 0 Å². The SMILES string of the molecule is CC(C)(C)N1C[C@@H](C#N)[C@H](c2ccccc2F)C1. The fraction of sp³-hybridized carbons (Fsp3) is 0.533. The first kappa shape index (κ1) is 13.0. The van der Waals surface area contributed by atoms with Crippen LogP contribution < -0.4 is 0 Å². The minimum Gasteiger partial charge on any atom is -0.297 e. The minimum atomic E-state index is -0.196. The van der Waals surface area contributed by atoms with E-state index < -0.39 is 0 Å². The van der Waals surface area contributed by atoms with Crippen LogP contribution in [-0.4, -0.2) is 23.5 Å². The highest BCUT2D eigenvalue weighted by Crippen LogP contribution is 2.36. The normalized spacial score (nSPS) is 25.1. The average molecular weight is 246 g/mol. The number of hydrogen-bond acceptors (Lipinski definition) is 2. The first-order valence-electron chi connectivity index (χ1n) is 6.32. The summed E-state index contributed by atoms with van der Waals surface area (Å²) >= 11 is 0. The van der Waals surface area contributed by atoms with E-state index in [1.807, 2.05) is 6.07 Å². The predicted molar refractivity (Wildman–Crippen MR) is 69.6 cm³/mol. The second-order valence-corrected chi connectivity index (χ2v) is 5.94. The monoisotopic (exact) mass is 246 g/mol. The summed E-state index contributed by atoms with van der Waals surface area (Å²) in [5.74, 6) is -0.338. The molecule has 0 radical (unpaired) electrons. The lowest BCUT2D eigenvalue weighted by Crippen LogP contribution is -2.39. The van der Waals surface area contributed by atoms with Crippen molar-refractivity contribution in [2.24, 2.45) is 5.92 Å². The molecule has 2 atom stereocenters. The van der Waals surface area contributed by atoms with Crippen molar-refractivity contribution in [3.8, 4) is 6.07 Å². The molecule has 0 aromatic heterocycles. The molecule has 0 spiro atoms. The number of nitriles is 1. The van der Waals surface area contributed by atoms with Gasteiger partial charge in [0, 0.05) is 24.5 Å². The van der Waals surface area contributed by atoms with Gasteiger partial charge in [0.05, 0.1) is 12.0 Å². The fourth-order valence-corrected chi connectivity index (χ4v) is 2.57. The molecular weight excluding hydrogens is 227 g/mol. The summed E-state index contributed by atoms with van der Waals surface area (Å²) in [5, 5.41) is 9.27. The Morgan fingerprint density at radius 3 is 2.50 bits per heavy atom. The zero-order valence-electron chi connectivity index (χ0n) is 11.2. The molecule has 0 amide bonds. The Morgan fingerprint density at radius 2 is 1.94 bits per heavy atom. The summed E-state index contributed by atoms with van der Waals surface area (Å²) in [6, 6.07) is 9.14. The second kappa shape index (κ2) is 4.70. The van der Waals surface area contributed by atoms with Crippen molar-refractivity contribution in [2.45, 2.75) is 32.2 Å². The third kappa shape index (κ3) is 2.39. The molecule has 0 bridgehead atoms. The highest BCUT2D eigenvalue weighted by molar-refractivity contribution is 5.26. The number of likely N-dealkylation sites (tertiary alicyclic amines) is 1. The van der Waals surface area contributed by atoms with E-state index in [0.717, 1.165) is 13.1 Å². The Balaban J connectivity index is 2.29. The van der Waals surface area contributed by atoms with Gasteiger partial charge in [-0.3, -0.25) is 4.90 Å². The standard InChI is InChI=1S/C15H19FN2/c1-15(2,3)18-9-11(8-17)13(10-18)12-6-4-5-7-14(12)16/h4-7,11,13H,9-10H2,1-3H3/t11-,13-/m1/s1. The van der Waals surface area contributed by atoms with Crippen LogP contribution in [0.1, 0.15) is 32.3 Å². The van der Waals surface area contributed by atoms with Crippen LogP contribution >= 0.6 is 0 Å². The zero-order chi connectivity index (χ0) is 13.3. The van der Waals surface area contributed by atoms with Crippen LogP contribution in [0.5, 0.6) is 0 Å². The first-order chi connectivity index (χ1) is 8.43. The highest BCUT2D eigenvalue weighted by Gasteiger charge is 2.39. The van der Waals surface area contributed by atoms with Gasteiger partial charge in [0.2, 0.25) is 0 Å². The highest BCUT2D eigenvalue weighted by atomic mass is 19.1. The van der Waals surface area contributed by atoms with Crippen LogP contribution in [0.15, 0.2) is 24.3 Å². The summed E-state index contributed by atoms with van der Waals surface area (Å²) in [7, 11) is 0. The van der Waals surface area contributed by atoms with Crippen LogP contribution in [0, 0.1) is 23.1 Å². The molecule has 0 N–H and O–H groups in total. The Labute approximate surface area is 108 Å². The van der Waals surface area contributed by atoms with Crippen LogP contribution in [0.25, 0.3) is 0 Å². The molecule has 1 aliphatic rings. The van der Waals surface area contributed by atoms with Crippen molar-refractivity contribution in [2.75, 3.05) is 13.1 Å². The Bertz CT molecular complexity index is 470. The third-order valence-electron chi connectivity index (χ3n) is 3.74.